The Labute approximate surface area is 180 Å². The molecule has 1 amide bonds. The van der Waals surface area contributed by atoms with Gasteiger partial charge in [-0.3, -0.25) is 19.1 Å². The number of carbonyl (C=O) groups is 1. The number of aromatic amines is 1. The molecule has 1 aliphatic rings. The number of aryl methyl sites for hydroxylation is 1. The number of fused-ring (bicyclic) bond motifs is 1. The van der Waals surface area contributed by atoms with Crippen LogP contribution in [0.25, 0.3) is 11.0 Å². The molecular formula is C24H28N4O3. The number of hydrogen-bond acceptors (Lipinski definition) is 4. The second-order valence-electron chi connectivity index (χ2n) is 8.43. The van der Waals surface area contributed by atoms with E-state index in [4.69, 9.17) is 0 Å². The number of aromatic nitrogens is 3. The number of likely N-dealkylation sites (tertiary alicyclic amines) is 1. The minimum absolute atomic E-state index is 0.0277. The molecule has 31 heavy (non-hydrogen) atoms. The average Bonchev–Trinajstić information content (AvgIpc) is 3.25. The van der Waals surface area contributed by atoms with Crippen LogP contribution in [-0.4, -0.2) is 31.9 Å². The average molecular weight is 421 g/mol. The maximum atomic E-state index is 13.8. The fraction of sp³-hybridized carbons (Fsp3) is 0.417. The number of rotatable bonds is 5. The van der Waals surface area contributed by atoms with E-state index < -0.39 is 11.2 Å². The van der Waals surface area contributed by atoms with Gasteiger partial charge < -0.3 is 4.90 Å². The SMILES string of the molecule is CCCn1c(=O)[nH]c(=O)c2c(C(=O)N3CCCC3c3ccccc3)cc(C(C)C)nc21. The van der Waals surface area contributed by atoms with E-state index in [9.17, 15) is 14.4 Å². The minimum atomic E-state index is -0.561. The molecular weight excluding hydrogens is 392 g/mol. The Hall–Kier alpha value is -3.22. The van der Waals surface area contributed by atoms with Gasteiger partial charge in [0.2, 0.25) is 0 Å². The highest BCUT2D eigenvalue weighted by Gasteiger charge is 2.32. The third-order valence-corrected chi connectivity index (χ3v) is 5.94. The van der Waals surface area contributed by atoms with Crippen molar-refractivity contribution in [3.8, 4) is 0 Å². The Bertz CT molecular complexity index is 1230. The van der Waals surface area contributed by atoms with Crippen LogP contribution in [0.4, 0.5) is 0 Å². The Balaban J connectivity index is 1.92. The first-order chi connectivity index (χ1) is 14.9. The summed E-state index contributed by atoms with van der Waals surface area (Å²) < 4.78 is 1.47. The van der Waals surface area contributed by atoms with Crippen molar-refractivity contribution in [1.29, 1.82) is 0 Å². The van der Waals surface area contributed by atoms with E-state index in [1.54, 1.807) is 6.07 Å². The van der Waals surface area contributed by atoms with E-state index in [1.165, 1.54) is 4.57 Å². The monoisotopic (exact) mass is 420 g/mol. The van der Waals surface area contributed by atoms with Gasteiger partial charge in [0.15, 0.2) is 5.65 Å². The van der Waals surface area contributed by atoms with Crippen molar-refractivity contribution >= 4 is 16.9 Å². The normalized spacial score (nSPS) is 16.4. The van der Waals surface area contributed by atoms with Gasteiger partial charge >= 0.3 is 5.69 Å². The zero-order valence-corrected chi connectivity index (χ0v) is 18.2. The number of carbonyl (C=O) groups excluding carboxylic acids is 1. The quantitative estimate of drug-likeness (QED) is 0.683. The van der Waals surface area contributed by atoms with E-state index in [0.717, 1.165) is 18.4 Å². The maximum absolute atomic E-state index is 13.8. The summed E-state index contributed by atoms with van der Waals surface area (Å²) in [5.41, 5.74) is 1.35. The van der Waals surface area contributed by atoms with Crippen LogP contribution in [-0.2, 0) is 6.54 Å². The van der Waals surface area contributed by atoms with E-state index in [-0.39, 0.29) is 23.3 Å². The molecule has 0 radical (unpaired) electrons. The number of nitrogens with one attached hydrogen (secondary N) is 1. The van der Waals surface area contributed by atoms with Crippen molar-refractivity contribution in [2.24, 2.45) is 0 Å². The summed E-state index contributed by atoms with van der Waals surface area (Å²) in [6, 6.07) is 11.7. The Morgan fingerprint density at radius 2 is 1.97 bits per heavy atom. The predicted molar refractivity (Wildman–Crippen MR) is 120 cm³/mol. The Morgan fingerprint density at radius 1 is 1.23 bits per heavy atom. The summed E-state index contributed by atoms with van der Waals surface area (Å²) in [4.78, 5) is 48.0. The van der Waals surface area contributed by atoms with Crippen molar-refractivity contribution in [3.05, 3.63) is 74.1 Å². The molecule has 1 atom stereocenters. The third kappa shape index (κ3) is 3.80. The molecule has 1 N–H and O–H groups in total. The highest BCUT2D eigenvalue weighted by Crippen LogP contribution is 2.34. The van der Waals surface area contributed by atoms with Crippen LogP contribution < -0.4 is 11.2 Å². The number of benzene rings is 1. The lowest BCUT2D eigenvalue weighted by Crippen LogP contribution is -2.35. The fourth-order valence-corrected chi connectivity index (χ4v) is 4.38. The molecule has 0 aliphatic carbocycles. The van der Waals surface area contributed by atoms with Crippen LogP contribution in [0, 0.1) is 0 Å². The summed E-state index contributed by atoms with van der Waals surface area (Å²) in [6.45, 7) is 6.98. The van der Waals surface area contributed by atoms with E-state index >= 15 is 0 Å². The summed E-state index contributed by atoms with van der Waals surface area (Å²) in [5, 5.41) is 0.196. The molecule has 1 aromatic carbocycles. The molecule has 1 unspecified atom stereocenters. The molecule has 0 spiro atoms. The molecule has 0 saturated carbocycles. The Kier molecular flexibility index (Phi) is 5.76. The number of amides is 1. The molecule has 4 rings (SSSR count). The van der Waals surface area contributed by atoms with Gasteiger partial charge in [-0.25, -0.2) is 9.78 Å². The van der Waals surface area contributed by atoms with Crippen LogP contribution >= 0.6 is 0 Å². The third-order valence-electron chi connectivity index (χ3n) is 5.94. The summed E-state index contributed by atoms with van der Waals surface area (Å²) in [5.74, 6) is -0.142. The summed E-state index contributed by atoms with van der Waals surface area (Å²) in [7, 11) is 0. The molecule has 162 valence electrons. The molecule has 7 heteroatoms. The number of pyridine rings is 1. The van der Waals surface area contributed by atoms with Crippen molar-refractivity contribution < 1.29 is 4.79 Å². The molecule has 1 aliphatic heterocycles. The highest BCUT2D eigenvalue weighted by atomic mass is 16.2. The van der Waals surface area contributed by atoms with Crippen molar-refractivity contribution in [3.63, 3.8) is 0 Å². The topological polar surface area (TPSA) is 88.1 Å². The van der Waals surface area contributed by atoms with Crippen molar-refractivity contribution in [1.82, 2.24) is 19.4 Å². The minimum Gasteiger partial charge on any atom is -0.332 e. The molecule has 7 nitrogen and oxygen atoms in total. The first-order valence-corrected chi connectivity index (χ1v) is 11.0. The molecule has 1 fully saturated rings. The van der Waals surface area contributed by atoms with Crippen LogP contribution in [0.15, 0.2) is 46.0 Å². The van der Waals surface area contributed by atoms with Gasteiger partial charge in [0.05, 0.1) is 17.0 Å². The number of H-pyrrole nitrogens is 1. The Morgan fingerprint density at radius 3 is 2.65 bits per heavy atom. The molecule has 2 aromatic heterocycles. The zero-order valence-electron chi connectivity index (χ0n) is 18.2. The van der Waals surface area contributed by atoms with Crippen molar-refractivity contribution in [2.45, 2.75) is 58.5 Å². The lowest BCUT2D eigenvalue weighted by Gasteiger charge is -2.26. The zero-order chi connectivity index (χ0) is 22.1. The van der Waals surface area contributed by atoms with E-state index in [0.29, 0.717) is 36.4 Å². The fourth-order valence-electron chi connectivity index (χ4n) is 4.38. The maximum Gasteiger partial charge on any atom is 0.329 e. The first kappa shape index (κ1) is 21.0. The second-order valence-corrected chi connectivity index (χ2v) is 8.43. The molecule has 3 heterocycles. The van der Waals surface area contributed by atoms with Gasteiger partial charge in [-0.2, -0.15) is 0 Å². The number of nitrogens with zero attached hydrogens (tertiary/aromatic N) is 3. The lowest BCUT2D eigenvalue weighted by molar-refractivity contribution is 0.0737. The molecule has 0 bridgehead atoms. The smallest absolute Gasteiger partial charge is 0.329 e. The second kappa shape index (κ2) is 8.49. The van der Waals surface area contributed by atoms with Gasteiger partial charge in [0.1, 0.15) is 0 Å². The highest BCUT2D eigenvalue weighted by molar-refractivity contribution is 6.05. The van der Waals surface area contributed by atoms with Crippen LogP contribution in [0.3, 0.4) is 0 Å². The summed E-state index contributed by atoms with van der Waals surface area (Å²) >= 11 is 0. The van der Waals surface area contributed by atoms with Gasteiger partial charge in [-0.05, 0) is 36.8 Å². The van der Waals surface area contributed by atoms with Gasteiger partial charge in [0, 0.05) is 18.8 Å². The van der Waals surface area contributed by atoms with E-state index in [2.05, 4.69) is 9.97 Å². The van der Waals surface area contributed by atoms with E-state index in [1.807, 2.05) is 56.0 Å². The molecule has 1 saturated heterocycles. The first-order valence-electron chi connectivity index (χ1n) is 11.0. The largest absolute Gasteiger partial charge is 0.332 e. The lowest BCUT2D eigenvalue weighted by atomic mass is 10.0. The van der Waals surface area contributed by atoms with Crippen molar-refractivity contribution in [2.75, 3.05) is 6.54 Å². The number of hydrogen-bond donors (Lipinski definition) is 1. The van der Waals surface area contributed by atoms with Gasteiger partial charge in [-0.15, -0.1) is 0 Å². The molecule has 3 aromatic rings. The predicted octanol–water partition coefficient (Wildman–Crippen LogP) is 3.60. The summed E-state index contributed by atoms with van der Waals surface area (Å²) in [6.07, 6.45) is 2.50. The van der Waals surface area contributed by atoms with Gasteiger partial charge in [-0.1, -0.05) is 51.1 Å². The standard InChI is InChI=1S/C24H28N4O3/c1-4-12-28-21-20(22(29)26-24(28)31)17(14-18(25-21)15(2)3)23(30)27-13-8-11-19(27)16-9-6-5-7-10-16/h5-7,9-10,14-15,19H,4,8,11-13H2,1-3H3,(H,26,29,31). The van der Waals surface area contributed by atoms with Crippen LogP contribution in [0.2, 0.25) is 0 Å². The van der Waals surface area contributed by atoms with Gasteiger partial charge in [0.25, 0.3) is 11.5 Å². The van der Waals surface area contributed by atoms with Crippen LogP contribution in [0.5, 0.6) is 0 Å². The van der Waals surface area contributed by atoms with Crippen LogP contribution in [0.1, 0.15) is 73.6 Å².